The van der Waals surface area contributed by atoms with Crippen molar-refractivity contribution >= 4 is 5.78 Å². The summed E-state index contributed by atoms with van der Waals surface area (Å²) in [6.07, 6.45) is -4.07. The number of benzene rings is 2. The molecular formula is C19H17F3O. The lowest BCUT2D eigenvalue weighted by Gasteiger charge is -2.17. The molecule has 2 aromatic rings. The van der Waals surface area contributed by atoms with Crippen molar-refractivity contribution < 1.29 is 18.0 Å². The van der Waals surface area contributed by atoms with Crippen LogP contribution >= 0.6 is 0 Å². The van der Waals surface area contributed by atoms with E-state index in [0.717, 1.165) is 6.07 Å². The highest BCUT2D eigenvalue weighted by Crippen LogP contribution is 2.44. The zero-order valence-electron chi connectivity index (χ0n) is 12.9. The minimum absolute atomic E-state index is 0.0408. The van der Waals surface area contributed by atoms with Gasteiger partial charge in [0.05, 0.1) is 5.56 Å². The predicted molar refractivity (Wildman–Crippen MR) is 83.2 cm³/mol. The molecule has 3 rings (SSSR count). The highest BCUT2D eigenvalue weighted by Gasteiger charge is 2.40. The largest absolute Gasteiger partial charge is 0.417 e. The lowest BCUT2D eigenvalue weighted by molar-refractivity contribution is -0.137. The Hall–Kier alpha value is -2.10. The summed E-state index contributed by atoms with van der Waals surface area (Å²) in [7, 11) is 0. The Labute approximate surface area is 133 Å². The summed E-state index contributed by atoms with van der Waals surface area (Å²) in [5.41, 5.74) is 0.978. The van der Waals surface area contributed by atoms with Gasteiger partial charge in [-0.2, -0.15) is 13.2 Å². The first-order chi connectivity index (χ1) is 10.8. The molecule has 0 amide bonds. The highest BCUT2D eigenvalue weighted by atomic mass is 19.4. The number of halogens is 3. The van der Waals surface area contributed by atoms with E-state index in [1.807, 2.05) is 13.8 Å². The molecule has 0 radical (unpaired) electrons. The molecule has 0 N–H and O–H groups in total. The van der Waals surface area contributed by atoms with E-state index >= 15 is 0 Å². The Morgan fingerprint density at radius 3 is 2.26 bits per heavy atom. The van der Waals surface area contributed by atoms with Crippen molar-refractivity contribution in [1.29, 1.82) is 0 Å². The molecule has 2 aromatic carbocycles. The highest BCUT2D eigenvalue weighted by molar-refractivity contribution is 6.04. The topological polar surface area (TPSA) is 17.1 Å². The summed E-state index contributed by atoms with van der Waals surface area (Å²) >= 11 is 0. The Bertz CT molecular complexity index is 745. The third-order valence-corrected chi connectivity index (χ3v) is 4.51. The van der Waals surface area contributed by atoms with Gasteiger partial charge in [0.2, 0.25) is 0 Å². The van der Waals surface area contributed by atoms with Gasteiger partial charge in [0, 0.05) is 11.5 Å². The van der Waals surface area contributed by atoms with E-state index in [1.165, 1.54) is 6.07 Å². The van der Waals surface area contributed by atoms with Gasteiger partial charge < -0.3 is 0 Å². The van der Waals surface area contributed by atoms with Crippen LogP contribution in [-0.2, 0) is 12.6 Å². The Morgan fingerprint density at radius 1 is 1.04 bits per heavy atom. The molecule has 1 unspecified atom stereocenters. The van der Waals surface area contributed by atoms with Crippen molar-refractivity contribution in [3.05, 3.63) is 59.2 Å². The van der Waals surface area contributed by atoms with Crippen LogP contribution in [0.1, 0.15) is 35.3 Å². The molecule has 1 nitrogen and oxygen atoms in total. The fourth-order valence-corrected chi connectivity index (χ4v) is 3.31. The monoisotopic (exact) mass is 318 g/mol. The van der Waals surface area contributed by atoms with Crippen LogP contribution in [0.2, 0.25) is 0 Å². The summed E-state index contributed by atoms with van der Waals surface area (Å²) < 4.78 is 40.4. The summed E-state index contributed by atoms with van der Waals surface area (Å²) in [6, 6.07) is 10.9. The van der Waals surface area contributed by atoms with Crippen molar-refractivity contribution in [3.63, 3.8) is 0 Å². The second-order valence-corrected chi connectivity index (χ2v) is 6.30. The molecule has 0 fully saturated rings. The maximum atomic E-state index is 13.5. The normalized spacial score (nSPS) is 17.7. The van der Waals surface area contributed by atoms with E-state index in [2.05, 4.69) is 0 Å². The molecule has 0 aromatic heterocycles. The third kappa shape index (κ3) is 2.67. The minimum atomic E-state index is -4.45. The Kier molecular flexibility index (Phi) is 3.78. The van der Waals surface area contributed by atoms with E-state index in [-0.39, 0.29) is 23.2 Å². The van der Waals surface area contributed by atoms with Crippen molar-refractivity contribution in [2.24, 2.45) is 11.8 Å². The molecule has 0 saturated carbocycles. The number of rotatable bonds is 2. The lowest BCUT2D eigenvalue weighted by Crippen LogP contribution is -2.15. The first-order valence-corrected chi connectivity index (χ1v) is 7.63. The van der Waals surface area contributed by atoms with Gasteiger partial charge in [0.1, 0.15) is 0 Å². The van der Waals surface area contributed by atoms with Crippen LogP contribution in [0, 0.1) is 11.8 Å². The zero-order chi connectivity index (χ0) is 16.8. The van der Waals surface area contributed by atoms with Gasteiger partial charge in [-0.25, -0.2) is 0 Å². The van der Waals surface area contributed by atoms with E-state index in [0.29, 0.717) is 23.1 Å². The summed E-state index contributed by atoms with van der Waals surface area (Å²) in [5, 5.41) is 0. The van der Waals surface area contributed by atoms with Crippen LogP contribution < -0.4 is 0 Å². The summed E-state index contributed by atoms with van der Waals surface area (Å²) in [5.74, 6) is -0.176. The zero-order valence-corrected chi connectivity index (χ0v) is 12.9. The standard InChI is InChI=1S/C19H17F3O/c1-11(2)14-10-15-13(18(14)23)8-9-16(19(20,21)22)17(15)12-6-4-3-5-7-12/h3-9,11,14H,10H2,1-2H3. The molecular weight excluding hydrogens is 301 g/mol. The van der Waals surface area contributed by atoms with Gasteiger partial charge in [-0.3, -0.25) is 4.79 Å². The molecule has 120 valence electrons. The summed E-state index contributed by atoms with van der Waals surface area (Å²) in [4.78, 5) is 12.5. The smallest absolute Gasteiger partial charge is 0.294 e. The van der Waals surface area contributed by atoms with Gasteiger partial charge in [0.25, 0.3) is 0 Å². The molecule has 1 aliphatic carbocycles. The van der Waals surface area contributed by atoms with Gasteiger partial charge in [0.15, 0.2) is 5.78 Å². The number of hydrogen-bond donors (Lipinski definition) is 0. The molecule has 0 saturated heterocycles. The van der Waals surface area contributed by atoms with Crippen LogP contribution in [0.4, 0.5) is 13.2 Å². The maximum absolute atomic E-state index is 13.5. The van der Waals surface area contributed by atoms with Crippen LogP contribution in [0.5, 0.6) is 0 Å². The number of alkyl halides is 3. The molecule has 0 heterocycles. The minimum Gasteiger partial charge on any atom is -0.294 e. The quantitative estimate of drug-likeness (QED) is 0.726. The van der Waals surface area contributed by atoms with Crippen LogP contribution in [0.15, 0.2) is 42.5 Å². The van der Waals surface area contributed by atoms with Crippen LogP contribution in [0.3, 0.4) is 0 Å². The number of hydrogen-bond acceptors (Lipinski definition) is 1. The third-order valence-electron chi connectivity index (χ3n) is 4.51. The molecule has 0 bridgehead atoms. The van der Waals surface area contributed by atoms with Crippen molar-refractivity contribution in [3.8, 4) is 11.1 Å². The number of Topliss-reactive ketones (excluding diaryl/α,β-unsaturated/α-hetero) is 1. The Balaban J connectivity index is 2.27. The van der Waals surface area contributed by atoms with E-state index in [9.17, 15) is 18.0 Å². The van der Waals surface area contributed by atoms with Crippen LogP contribution in [-0.4, -0.2) is 5.78 Å². The van der Waals surface area contributed by atoms with Gasteiger partial charge in [-0.05, 0) is 35.1 Å². The maximum Gasteiger partial charge on any atom is 0.417 e. The average Bonchev–Trinajstić information content (AvgIpc) is 2.84. The number of fused-ring (bicyclic) bond motifs is 1. The SMILES string of the molecule is CC(C)C1Cc2c(ccc(C(F)(F)F)c2-c2ccccc2)C1=O. The molecule has 0 aliphatic heterocycles. The van der Waals surface area contributed by atoms with E-state index < -0.39 is 11.7 Å². The second-order valence-electron chi connectivity index (χ2n) is 6.30. The predicted octanol–water partition coefficient (Wildman–Crippen LogP) is 5.38. The number of carbonyl (C=O) groups excluding carboxylic acids is 1. The molecule has 0 spiro atoms. The molecule has 1 atom stereocenters. The van der Waals surface area contributed by atoms with Crippen molar-refractivity contribution in [2.45, 2.75) is 26.4 Å². The van der Waals surface area contributed by atoms with E-state index in [4.69, 9.17) is 0 Å². The van der Waals surface area contributed by atoms with Crippen molar-refractivity contribution in [1.82, 2.24) is 0 Å². The first kappa shape index (κ1) is 15.8. The average molecular weight is 318 g/mol. The summed E-state index contributed by atoms with van der Waals surface area (Å²) in [6.45, 7) is 3.86. The van der Waals surface area contributed by atoms with Crippen molar-refractivity contribution in [2.75, 3.05) is 0 Å². The van der Waals surface area contributed by atoms with Crippen LogP contribution in [0.25, 0.3) is 11.1 Å². The number of carbonyl (C=O) groups is 1. The fraction of sp³-hybridized carbons (Fsp3) is 0.316. The lowest BCUT2D eigenvalue weighted by atomic mass is 9.90. The van der Waals surface area contributed by atoms with E-state index in [1.54, 1.807) is 30.3 Å². The molecule has 4 heteroatoms. The second kappa shape index (κ2) is 5.52. The van der Waals surface area contributed by atoms with Gasteiger partial charge in [-0.1, -0.05) is 50.2 Å². The number of ketones is 1. The fourth-order valence-electron chi connectivity index (χ4n) is 3.31. The van der Waals surface area contributed by atoms with Gasteiger partial charge >= 0.3 is 6.18 Å². The van der Waals surface area contributed by atoms with Gasteiger partial charge in [-0.15, -0.1) is 0 Å². The first-order valence-electron chi connectivity index (χ1n) is 7.63. The Morgan fingerprint density at radius 2 is 1.70 bits per heavy atom. The molecule has 1 aliphatic rings. The molecule has 23 heavy (non-hydrogen) atoms.